The summed E-state index contributed by atoms with van der Waals surface area (Å²) >= 11 is 0. The molecule has 0 saturated carbocycles. The molecule has 0 radical (unpaired) electrons. The Bertz CT molecular complexity index is 585. The summed E-state index contributed by atoms with van der Waals surface area (Å²) in [6.07, 6.45) is 7.44. The molecule has 0 aliphatic heterocycles. The van der Waals surface area contributed by atoms with Gasteiger partial charge in [-0.15, -0.1) is 0 Å². The van der Waals surface area contributed by atoms with E-state index in [1.807, 2.05) is 24.3 Å². The monoisotopic (exact) mass is 386 g/mol. The van der Waals surface area contributed by atoms with Crippen LogP contribution in [0.2, 0.25) is 0 Å². The van der Waals surface area contributed by atoms with E-state index in [4.69, 9.17) is 19.7 Å². The van der Waals surface area contributed by atoms with E-state index in [0.717, 1.165) is 17.9 Å². The van der Waals surface area contributed by atoms with Crippen molar-refractivity contribution < 1.29 is 19.7 Å². The molecule has 0 spiro atoms. The van der Waals surface area contributed by atoms with Crippen molar-refractivity contribution in [3.8, 4) is 11.5 Å². The highest BCUT2D eigenvalue weighted by Gasteiger charge is 2.14. The average Bonchev–Trinajstić information content (AvgIpc) is 2.74. The Morgan fingerprint density at radius 2 is 1.14 bits per heavy atom. The van der Waals surface area contributed by atoms with Gasteiger partial charge >= 0.3 is 0 Å². The minimum Gasteiger partial charge on any atom is -0.491 e. The molecule has 28 heavy (non-hydrogen) atoms. The van der Waals surface area contributed by atoms with Crippen molar-refractivity contribution in [3.05, 3.63) is 59.7 Å². The number of hydrogen-bond donors (Lipinski definition) is 2. The molecule has 0 heterocycles. The van der Waals surface area contributed by atoms with Crippen molar-refractivity contribution in [1.29, 1.82) is 0 Å². The van der Waals surface area contributed by atoms with Crippen LogP contribution in [0.4, 0.5) is 0 Å². The first-order chi connectivity index (χ1) is 13.8. The van der Waals surface area contributed by atoms with Crippen LogP contribution < -0.4 is 9.47 Å². The van der Waals surface area contributed by atoms with Crippen molar-refractivity contribution in [2.45, 2.75) is 51.4 Å². The zero-order valence-corrected chi connectivity index (χ0v) is 17.0. The normalized spacial score (nSPS) is 11.0. The van der Waals surface area contributed by atoms with Gasteiger partial charge in [0, 0.05) is 5.92 Å². The van der Waals surface area contributed by atoms with E-state index < -0.39 is 0 Å². The van der Waals surface area contributed by atoms with Crippen LogP contribution in [0.15, 0.2) is 48.5 Å². The maximum absolute atomic E-state index is 8.91. The fourth-order valence-electron chi connectivity index (χ4n) is 3.40. The number of aliphatic hydroxyl groups is 2. The van der Waals surface area contributed by atoms with Gasteiger partial charge in [0.05, 0.1) is 13.2 Å². The SMILES string of the molecule is CCCCCCCC(c1ccc(OCCO)cc1)c1ccc(OCCO)cc1. The van der Waals surface area contributed by atoms with Crippen LogP contribution in [0.25, 0.3) is 0 Å². The first-order valence-corrected chi connectivity index (χ1v) is 10.5. The minimum atomic E-state index is 0.0207. The molecule has 2 aromatic rings. The van der Waals surface area contributed by atoms with Crippen LogP contribution >= 0.6 is 0 Å². The predicted molar refractivity (Wildman–Crippen MR) is 113 cm³/mol. The summed E-state index contributed by atoms with van der Waals surface area (Å²) in [7, 11) is 0. The van der Waals surface area contributed by atoms with E-state index in [9.17, 15) is 0 Å². The Balaban J connectivity index is 2.09. The first kappa shape index (κ1) is 22.3. The van der Waals surface area contributed by atoms with Crippen molar-refractivity contribution in [1.82, 2.24) is 0 Å². The highest BCUT2D eigenvalue weighted by Crippen LogP contribution is 2.32. The quantitative estimate of drug-likeness (QED) is 0.452. The highest BCUT2D eigenvalue weighted by molar-refractivity contribution is 5.38. The van der Waals surface area contributed by atoms with E-state index in [1.165, 1.54) is 43.2 Å². The lowest BCUT2D eigenvalue weighted by atomic mass is 9.86. The maximum Gasteiger partial charge on any atom is 0.119 e. The van der Waals surface area contributed by atoms with Crippen LogP contribution in [0.5, 0.6) is 11.5 Å². The van der Waals surface area contributed by atoms with Crippen molar-refractivity contribution in [2.24, 2.45) is 0 Å². The molecule has 0 aliphatic carbocycles. The zero-order chi connectivity index (χ0) is 20.0. The van der Waals surface area contributed by atoms with Gasteiger partial charge in [-0.2, -0.15) is 0 Å². The van der Waals surface area contributed by atoms with Crippen LogP contribution in [0.3, 0.4) is 0 Å². The molecule has 4 heteroatoms. The molecule has 0 atom stereocenters. The molecule has 2 N–H and O–H groups in total. The lowest BCUT2D eigenvalue weighted by molar-refractivity contribution is 0.201. The van der Waals surface area contributed by atoms with Gasteiger partial charge in [0.15, 0.2) is 0 Å². The number of ether oxygens (including phenoxy) is 2. The summed E-state index contributed by atoms with van der Waals surface area (Å²) in [5.41, 5.74) is 2.55. The molecular formula is C24H34O4. The van der Waals surface area contributed by atoms with E-state index in [1.54, 1.807) is 0 Å². The summed E-state index contributed by atoms with van der Waals surface area (Å²) in [4.78, 5) is 0. The summed E-state index contributed by atoms with van der Waals surface area (Å²) < 4.78 is 11.0. The summed E-state index contributed by atoms with van der Waals surface area (Å²) in [6.45, 7) is 2.91. The van der Waals surface area contributed by atoms with Gasteiger partial charge in [0.2, 0.25) is 0 Å². The standard InChI is InChI=1S/C24H34O4/c1-2-3-4-5-6-7-24(20-8-12-22(13-9-20)27-18-16-25)21-10-14-23(15-11-21)28-19-17-26/h8-15,24-26H,2-7,16-19H2,1H3. The lowest BCUT2D eigenvalue weighted by Crippen LogP contribution is -2.04. The third-order valence-electron chi connectivity index (χ3n) is 4.88. The van der Waals surface area contributed by atoms with E-state index in [2.05, 4.69) is 31.2 Å². The molecule has 4 nitrogen and oxygen atoms in total. The molecule has 0 bridgehead atoms. The Kier molecular flexibility index (Phi) is 10.5. The average molecular weight is 387 g/mol. The predicted octanol–water partition coefficient (Wildman–Crippen LogP) is 4.92. The number of aliphatic hydroxyl groups excluding tert-OH is 2. The largest absolute Gasteiger partial charge is 0.491 e. The summed E-state index contributed by atoms with van der Waals surface area (Å²) in [5, 5.41) is 17.8. The zero-order valence-electron chi connectivity index (χ0n) is 17.0. The number of rotatable bonds is 14. The molecule has 0 unspecified atom stereocenters. The highest BCUT2D eigenvalue weighted by atomic mass is 16.5. The van der Waals surface area contributed by atoms with Crippen LogP contribution in [-0.4, -0.2) is 36.6 Å². The molecular weight excluding hydrogens is 352 g/mol. The molecule has 0 amide bonds. The molecule has 0 aliphatic rings. The molecule has 0 saturated heterocycles. The van der Waals surface area contributed by atoms with Gasteiger partial charge in [-0.3, -0.25) is 0 Å². The second-order valence-corrected chi connectivity index (χ2v) is 7.04. The maximum atomic E-state index is 8.91. The Hall–Kier alpha value is -2.04. The van der Waals surface area contributed by atoms with Crippen molar-refractivity contribution in [3.63, 3.8) is 0 Å². The fourth-order valence-corrected chi connectivity index (χ4v) is 3.40. The van der Waals surface area contributed by atoms with Crippen molar-refractivity contribution >= 4 is 0 Å². The third kappa shape index (κ3) is 7.53. The van der Waals surface area contributed by atoms with E-state index >= 15 is 0 Å². The summed E-state index contributed by atoms with van der Waals surface area (Å²) in [5.74, 6) is 1.90. The first-order valence-electron chi connectivity index (χ1n) is 10.5. The van der Waals surface area contributed by atoms with Gasteiger partial charge in [-0.1, -0.05) is 63.3 Å². The Morgan fingerprint density at radius 1 is 0.679 bits per heavy atom. The smallest absolute Gasteiger partial charge is 0.119 e. The van der Waals surface area contributed by atoms with Crippen LogP contribution in [0, 0.1) is 0 Å². The van der Waals surface area contributed by atoms with E-state index in [0.29, 0.717) is 19.1 Å². The van der Waals surface area contributed by atoms with Crippen LogP contribution in [-0.2, 0) is 0 Å². The Labute approximate surface area is 169 Å². The van der Waals surface area contributed by atoms with Gasteiger partial charge in [-0.25, -0.2) is 0 Å². The van der Waals surface area contributed by atoms with Gasteiger partial charge in [-0.05, 0) is 41.8 Å². The number of benzene rings is 2. The lowest BCUT2D eigenvalue weighted by Gasteiger charge is -2.19. The molecule has 0 fully saturated rings. The van der Waals surface area contributed by atoms with Gasteiger partial charge < -0.3 is 19.7 Å². The summed E-state index contributed by atoms with van der Waals surface area (Å²) in [6, 6.07) is 16.4. The third-order valence-corrected chi connectivity index (χ3v) is 4.88. The number of unbranched alkanes of at least 4 members (excludes halogenated alkanes) is 4. The topological polar surface area (TPSA) is 58.9 Å². The van der Waals surface area contributed by atoms with Gasteiger partial charge in [0.1, 0.15) is 24.7 Å². The van der Waals surface area contributed by atoms with Crippen LogP contribution in [0.1, 0.15) is 62.5 Å². The number of hydrogen-bond acceptors (Lipinski definition) is 4. The fraction of sp³-hybridized carbons (Fsp3) is 0.500. The Morgan fingerprint density at radius 3 is 1.57 bits per heavy atom. The molecule has 154 valence electrons. The molecule has 2 rings (SSSR count). The van der Waals surface area contributed by atoms with E-state index in [-0.39, 0.29) is 13.2 Å². The second-order valence-electron chi connectivity index (χ2n) is 7.04. The minimum absolute atomic E-state index is 0.0207. The molecule has 0 aromatic heterocycles. The van der Waals surface area contributed by atoms with Crippen molar-refractivity contribution in [2.75, 3.05) is 26.4 Å². The second kappa shape index (κ2) is 13.2. The molecule has 2 aromatic carbocycles. The van der Waals surface area contributed by atoms with Gasteiger partial charge in [0.25, 0.3) is 0 Å².